The Morgan fingerprint density at radius 2 is 2.04 bits per heavy atom. The molecule has 0 radical (unpaired) electrons. The molecule has 23 heavy (non-hydrogen) atoms. The molecule has 9 heteroatoms. The number of pyridine rings is 1. The molecule has 2 aromatic rings. The van der Waals surface area contributed by atoms with Gasteiger partial charge in [-0.2, -0.15) is 0 Å². The molecule has 3 rings (SSSR count). The average molecular weight is 335 g/mol. The number of piperidine rings is 1. The summed E-state index contributed by atoms with van der Waals surface area (Å²) in [7, 11) is -1.92. The fraction of sp³-hybridized carbons (Fsp3) is 0.429. The van der Waals surface area contributed by atoms with Crippen LogP contribution in [0.15, 0.2) is 36.0 Å². The van der Waals surface area contributed by atoms with Crippen LogP contribution in [0.5, 0.6) is 0 Å². The largest absolute Gasteiger partial charge is 0.339 e. The standard InChI is InChI=1S/C14H17N5O3S/c1-18-10-16-17-14(18)23(21,22)12-4-7-19(8-5-12)13(20)11-3-2-6-15-9-11/h2-3,6,9-10,12H,4-5,7-8H2,1H3. The van der Waals surface area contributed by atoms with Gasteiger partial charge in [-0.05, 0) is 25.0 Å². The highest BCUT2D eigenvalue weighted by Gasteiger charge is 2.35. The summed E-state index contributed by atoms with van der Waals surface area (Å²) in [6.45, 7) is 0.797. The van der Waals surface area contributed by atoms with Crippen molar-refractivity contribution in [3.05, 3.63) is 36.4 Å². The fourth-order valence-corrected chi connectivity index (χ4v) is 4.46. The molecule has 0 N–H and O–H groups in total. The quantitative estimate of drug-likeness (QED) is 0.799. The summed E-state index contributed by atoms with van der Waals surface area (Å²) in [5.41, 5.74) is 0.516. The lowest BCUT2D eigenvalue weighted by Gasteiger charge is -2.31. The van der Waals surface area contributed by atoms with E-state index in [1.54, 1.807) is 30.3 Å². The lowest BCUT2D eigenvalue weighted by Crippen LogP contribution is -2.42. The van der Waals surface area contributed by atoms with Crippen LogP contribution in [0.2, 0.25) is 0 Å². The number of carbonyl (C=O) groups excluding carboxylic acids is 1. The monoisotopic (exact) mass is 335 g/mol. The second kappa shape index (κ2) is 6.07. The van der Waals surface area contributed by atoms with E-state index in [1.807, 2.05) is 0 Å². The van der Waals surface area contributed by atoms with Gasteiger partial charge in [0.25, 0.3) is 5.91 Å². The average Bonchev–Trinajstić information content (AvgIpc) is 3.02. The summed E-state index contributed by atoms with van der Waals surface area (Å²) in [5, 5.41) is 6.77. The first-order valence-corrected chi connectivity index (χ1v) is 8.82. The second-order valence-electron chi connectivity index (χ2n) is 5.50. The van der Waals surface area contributed by atoms with Crippen LogP contribution < -0.4 is 0 Å². The van der Waals surface area contributed by atoms with E-state index >= 15 is 0 Å². The van der Waals surface area contributed by atoms with Gasteiger partial charge in [-0.25, -0.2) is 8.42 Å². The highest BCUT2D eigenvalue weighted by molar-refractivity contribution is 7.91. The van der Waals surface area contributed by atoms with E-state index in [-0.39, 0.29) is 11.1 Å². The minimum Gasteiger partial charge on any atom is -0.339 e. The molecule has 2 aromatic heterocycles. The Morgan fingerprint density at radius 1 is 1.30 bits per heavy atom. The predicted octanol–water partition coefficient (Wildman–Crippen LogP) is 0.289. The van der Waals surface area contributed by atoms with Gasteiger partial charge < -0.3 is 9.47 Å². The van der Waals surface area contributed by atoms with Crippen LogP contribution in [-0.2, 0) is 16.9 Å². The van der Waals surface area contributed by atoms with Gasteiger partial charge in [-0.3, -0.25) is 9.78 Å². The van der Waals surface area contributed by atoms with Crippen molar-refractivity contribution >= 4 is 15.7 Å². The molecule has 0 aromatic carbocycles. The lowest BCUT2D eigenvalue weighted by atomic mass is 10.1. The van der Waals surface area contributed by atoms with E-state index in [1.165, 1.54) is 17.1 Å². The molecule has 3 heterocycles. The first-order valence-electron chi connectivity index (χ1n) is 7.27. The SMILES string of the molecule is Cn1cnnc1S(=O)(=O)C1CCN(C(=O)c2cccnc2)CC1. The van der Waals surface area contributed by atoms with Crippen molar-refractivity contribution in [1.82, 2.24) is 24.6 Å². The Morgan fingerprint density at radius 3 is 2.61 bits per heavy atom. The number of hydrogen-bond donors (Lipinski definition) is 0. The van der Waals surface area contributed by atoms with Crippen LogP contribution >= 0.6 is 0 Å². The van der Waals surface area contributed by atoms with Gasteiger partial charge in [0, 0.05) is 32.5 Å². The van der Waals surface area contributed by atoms with E-state index in [0.29, 0.717) is 31.5 Å². The van der Waals surface area contributed by atoms with Crippen LogP contribution in [0.1, 0.15) is 23.2 Å². The molecular formula is C14H17N5O3S. The third kappa shape index (κ3) is 2.96. The zero-order valence-corrected chi connectivity index (χ0v) is 13.5. The number of sulfone groups is 1. The maximum Gasteiger partial charge on any atom is 0.255 e. The van der Waals surface area contributed by atoms with Gasteiger partial charge in [0.05, 0.1) is 10.8 Å². The van der Waals surface area contributed by atoms with Gasteiger partial charge in [-0.1, -0.05) is 0 Å². The number of aromatic nitrogens is 4. The first-order chi connectivity index (χ1) is 11.0. The number of aryl methyl sites for hydroxylation is 1. The van der Waals surface area contributed by atoms with Gasteiger partial charge in [0.2, 0.25) is 15.0 Å². The predicted molar refractivity (Wildman–Crippen MR) is 81.4 cm³/mol. The summed E-state index contributed by atoms with van der Waals surface area (Å²) in [6, 6.07) is 3.41. The van der Waals surface area contributed by atoms with E-state index in [4.69, 9.17) is 0 Å². The van der Waals surface area contributed by atoms with E-state index in [0.717, 1.165) is 0 Å². The van der Waals surface area contributed by atoms with Crippen molar-refractivity contribution in [2.45, 2.75) is 23.2 Å². The number of nitrogens with zero attached hydrogens (tertiary/aromatic N) is 5. The fourth-order valence-electron chi connectivity index (χ4n) is 2.72. The van der Waals surface area contributed by atoms with Crippen molar-refractivity contribution in [3.8, 4) is 0 Å². The topological polar surface area (TPSA) is 98.0 Å². The Hall–Kier alpha value is -2.29. The Kier molecular flexibility index (Phi) is 4.12. The van der Waals surface area contributed by atoms with Crippen LogP contribution in [0, 0.1) is 0 Å². The van der Waals surface area contributed by atoms with Crippen LogP contribution in [0.25, 0.3) is 0 Å². The Bertz CT molecular complexity index is 795. The summed E-state index contributed by atoms with van der Waals surface area (Å²) >= 11 is 0. The van der Waals surface area contributed by atoms with E-state index < -0.39 is 15.1 Å². The summed E-state index contributed by atoms with van der Waals surface area (Å²) in [4.78, 5) is 18.0. The highest BCUT2D eigenvalue weighted by atomic mass is 32.2. The van der Waals surface area contributed by atoms with E-state index in [2.05, 4.69) is 15.2 Å². The van der Waals surface area contributed by atoms with Crippen molar-refractivity contribution in [3.63, 3.8) is 0 Å². The third-order valence-corrected chi connectivity index (χ3v) is 6.23. The molecule has 122 valence electrons. The summed E-state index contributed by atoms with van der Waals surface area (Å²) in [5.74, 6) is -0.118. The molecule has 1 amide bonds. The van der Waals surface area contributed by atoms with Gasteiger partial charge in [0.1, 0.15) is 6.33 Å². The molecule has 0 atom stereocenters. The molecule has 0 saturated carbocycles. The minimum absolute atomic E-state index is 0.0189. The van der Waals surface area contributed by atoms with Gasteiger partial charge in [0.15, 0.2) is 0 Å². The molecule has 1 aliphatic rings. The number of hydrogen-bond acceptors (Lipinski definition) is 6. The molecule has 1 fully saturated rings. The first kappa shape index (κ1) is 15.6. The number of likely N-dealkylation sites (tertiary alicyclic amines) is 1. The number of rotatable bonds is 3. The number of amides is 1. The van der Waals surface area contributed by atoms with Crippen LogP contribution in [0.3, 0.4) is 0 Å². The van der Waals surface area contributed by atoms with Crippen molar-refractivity contribution in [1.29, 1.82) is 0 Å². The normalized spacial score (nSPS) is 16.5. The van der Waals surface area contributed by atoms with Gasteiger partial charge in [-0.15, -0.1) is 10.2 Å². The minimum atomic E-state index is -3.52. The maximum atomic E-state index is 12.6. The zero-order valence-electron chi connectivity index (χ0n) is 12.7. The molecule has 1 saturated heterocycles. The Labute approximate surface area is 134 Å². The molecule has 8 nitrogen and oxygen atoms in total. The molecule has 0 bridgehead atoms. The molecule has 1 aliphatic heterocycles. The van der Waals surface area contributed by atoms with Gasteiger partial charge >= 0.3 is 0 Å². The summed E-state index contributed by atoms with van der Waals surface area (Å²) < 4.78 is 26.6. The molecule has 0 aliphatic carbocycles. The molecular weight excluding hydrogens is 318 g/mol. The third-order valence-electron chi connectivity index (χ3n) is 4.00. The Balaban J connectivity index is 1.69. The van der Waals surface area contributed by atoms with Crippen LogP contribution in [-0.4, -0.2) is 57.3 Å². The van der Waals surface area contributed by atoms with Crippen molar-refractivity contribution in [2.75, 3.05) is 13.1 Å². The lowest BCUT2D eigenvalue weighted by molar-refractivity contribution is 0.0725. The van der Waals surface area contributed by atoms with Crippen molar-refractivity contribution < 1.29 is 13.2 Å². The van der Waals surface area contributed by atoms with Crippen LogP contribution in [0.4, 0.5) is 0 Å². The number of carbonyl (C=O) groups is 1. The van der Waals surface area contributed by atoms with Crippen molar-refractivity contribution in [2.24, 2.45) is 7.05 Å². The molecule has 0 unspecified atom stereocenters. The molecule has 0 spiro atoms. The van der Waals surface area contributed by atoms with E-state index in [9.17, 15) is 13.2 Å². The second-order valence-corrected chi connectivity index (χ2v) is 7.62. The summed E-state index contributed by atoms with van der Waals surface area (Å²) in [6.07, 6.45) is 5.28. The highest BCUT2D eigenvalue weighted by Crippen LogP contribution is 2.23. The maximum absolute atomic E-state index is 12.6. The smallest absolute Gasteiger partial charge is 0.255 e. The zero-order chi connectivity index (χ0) is 16.4.